The van der Waals surface area contributed by atoms with Crippen LogP contribution in [0.15, 0.2) is 18.3 Å². The Morgan fingerprint density at radius 1 is 1.21 bits per heavy atom. The third-order valence-corrected chi connectivity index (χ3v) is 7.80. The molecule has 0 amide bonds. The largest absolute Gasteiger partial charge is 0.390 e. The van der Waals surface area contributed by atoms with Gasteiger partial charge in [0.15, 0.2) is 5.82 Å². The van der Waals surface area contributed by atoms with Gasteiger partial charge in [-0.1, -0.05) is 41.8 Å². The van der Waals surface area contributed by atoms with E-state index in [0.29, 0.717) is 33.6 Å². The Morgan fingerprint density at radius 3 is 2.62 bits per heavy atom. The molecule has 1 aliphatic heterocycles. The highest BCUT2D eigenvalue weighted by Crippen LogP contribution is 2.46. The maximum absolute atomic E-state index is 9.93. The smallest absolute Gasteiger partial charge is 0.152 e. The van der Waals surface area contributed by atoms with Crippen LogP contribution >= 0.6 is 23.2 Å². The molecule has 1 saturated carbocycles. The van der Waals surface area contributed by atoms with E-state index in [-0.39, 0.29) is 6.61 Å². The summed E-state index contributed by atoms with van der Waals surface area (Å²) < 4.78 is 0. The van der Waals surface area contributed by atoms with Crippen LogP contribution in [0, 0.1) is 12.3 Å². The van der Waals surface area contributed by atoms with Crippen molar-refractivity contribution >= 4 is 29.0 Å². The van der Waals surface area contributed by atoms with E-state index in [1.807, 2.05) is 19.1 Å². The van der Waals surface area contributed by atoms with E-state index in [1.54, 1.807) is 6.20 Å². The molecule has 2 aliphatic rings. The van der Waals surface area contributed by atoms with E-state index < -0.39 is 0 Å². The van der Waals surface area contributed by atoms with Gasteiger partial charge in [0.05, 0.1) is 28.5 Å². The Morgan fingerprint density at radius 2 is 1.97 bits per heavy atom. The number of rotatable bonds is 4. The molecule has 0 bridgehead atoms. The average Bonchev–Trinajstić information content (AvgIpc) is 3.08. The van der Waals surface area contributed by atoms with Crippen LogP contribution < -0.4 is 10.6 Å². The predicted octanol–water partition coefficient (Wildman–Crippen LogP) is 4.27. The fourth-order valence-corrected chi connectivity index (χ4v) is 5.35. The first-order valence-corrected chi connectivity index (χ1v) is 11.1. The monoisotopic (exact) mass is 434 g/mol. The number of benzene rings is 1. The van der Waals surface area contributed by atoms with Gasteiger partial charge in [-0.25, -0.2) is 9.97 Å². The Hall–Kier alpha value is -1.40. The van der Waals surface area contributed by atoms with Crippen molar-refractivity contribution in [3.8, 4) is 0 Å². The predicted molar refractivity (Wildman–Crippen MR) is 118 cm³/mol. The van der Waals surface area contributed by atoms with Crippen molar-refractivity contribution in [1.82, 2.24) is 9.97 Å². The van der Waals surface area contributed by atoms with Crippen LogP contribution in [-0.2, 0) is 13.0 Å². The molecule has 1 aromatic carbocycles. The van der Waals surface area contributed by atoms with E-state index in [0.717, 1.165) is 55.0 Å². The summed E-state index contributed by atoms with van der Waals surface area (Å²) in [6.45, 7) is 3.61. The molecule has 1 spiro atoms. The number of nitrogens with two attached hydrogens (primary N) is 1. The normalized spacial score (nSPS) is 21.1. The molecule has 5 nitrogen and oxygen atoms in total. The zero-order valence-electron chi connectivity index (χ0n) is 16.8. The molecule has 1 aliphatic carbocycles. The summed E-state index contributed by atoms with van der Waals surface area (Å²) in [4.78, 5) is 11.6. The van der Waals surface area contributed by atoms with E-state index in [1.165, 1.54) is 12.8 Å². The lowest BCUT2D eigenvalue weighted by Gasteiger charge is -2.42. The number of piperidine rings is 1. The number of aryl methyl sites for hydroxylation is 1. The summed E-state index contributed by atoms with van der Waals surface area (Å²) in [5.41, 5.74) is 9.94. The van der Waals surface area contributed by atoms with Crippen LogP contribution in [0.2, 0.25) is 10.0 Å². The van der Waals surface area contributed by atoms with Gasteiger partial charge < -0.3 is 15.7 Å². The van der Waals surface area contributed by atoms with Crippen molar-refractivity contribution in [3.63, 3.8) is 0 Å². The van der Waals surface area contributed by atoms with Crippen molar-refractivity contribution < 1.29 is 5.11 Å². The molecule has 4 rings (SSSR count). The third kappa shape index (κ3) is 3.98. The quantitative estimate of drug-likeness (QED) is 0.750. The lowest BCUT2D eigenvalue weighted by atomic mass is 9.74. The maximum Gasteiger partial charge on any atom is 0.152 e. The SMILES string of the molecule is Cc1ccc(Cc2cnc(N3CCC4(CCC[C@H]4N)CC3)c(CO)n2)c(Cl)c1Cl. The van der Waals surface area contributed by atoms with Gasteiger partial charge in [-0.2, -0.15) is 0 Å². The zero-order valence-corrected chi connectivity index (χ0v) is 18.3. The van der Waals surface area contributed by atoms with E-state index >= 15 is 0 Å². The number of aromatic nitrogens is 2. The molecule has 0 unspecified atom stereocenters. The number of nitrogens with zero attached hydrogens (tertiary/aromatic N) is 3. The molecule has 1 atom stereocenters. The Labute approximate surface area is 182 Å². The van der Waals surface area contributed by atoms with Crippen molar-refractivity contribution in [2.24, 2.45) is 11.1 Å². The first kappa shape index (κ1) is 20.9. The number of aliphatic hydroxyl groups is 1. The molecule has 1 saturated heterocycles. The summed E-state index contributed by atoms with van der Waals surface area (Å²) in [6, 6.07) is 4.24. The molecule has 29 heavy (non-hydrogen) atoms. The van der Waals surface area contributed by atoms with Gasteiger partial charge in [0.25, 0.3) is 0 Å². The van der Waals surface area contributed by atoms with Gasteiger partial charge in [-0.3, -0.25) is 0 Å². The first-order valence-electron chi connectivity index (χ1n) is 10.3. The minimum atomic E-state index is -0.139. The number of hydrogen-bond donors (Lipinski definition) is 2. The van der Waals surface area contributed by atoms with E-state index in [2.05, 4.69) is 14.9 Å². The highest BCUT2D eigenvalue weighted by atomic mass is 35.5. The van der Waals surface area contributed by atoms with E-state index in [9.17, 15) is 5.11 Å². The van der Waals surface area contributed by atoms with Crippen LogP contribution in [0.3, 0.4) is 0 Å². The summed E-state index contributed by atoms with van der Waals surface area (Å²) in [7, 11) is 0. The number of anilines is 1. The zero-order chi connectivity index (χ0) is 20.6. The van der Waals surface area contributed by atoms with Gasteiger partial charge in [-0.15, -0.1) is 0 Å². The van der Waals surface area contributed by atoms with Gasteiger partial charge in [-0.05, 0) is 49.1 Å². The van der Waals surface area contributed by atoms with Crippen LogP contribution in [0.1, 0.15) is 54.6 Å². The van der Waals surface area contributed by atoms with Crippen LogP contribution in [0.5, 0.6) is 0 Å². The van der Waals surface area contributed by atoms with Crippen molar-refractivity contribution in [2.75, 3.05) is 18.0 Å². The Bertz CT molecular complexity index is 897. The molecule has 2 fully saturated rings. The van der Waals surface area contributed by atoms with Gasteiger partial charge in [0, 0.05) is 25.6 Å². The minimum absolute atomic E-state index is 0.139. The molecule has 7 heteroatoms. The van der Waals surface area contributed by atoms with Gasteiger partial charge >= 0.3 is 0 Å². The topological polar surface area (TPSA) is 75.3 Å². The molecule has 0 radical (unpaired) electrons. The standard InChI is InChI=1S/C22H28Cl2N4O/c1-14-4-5-15(20(24)19(14)23)11-16-12-26-21(17(13-29)27-16)28-9-7-22(8-10-28)6-2-3-18(22)25/h4-5,12,18,29H,2-3,6-11,13,25H2,1H3/t18-/m1/s1. The lowest BCUT2D eigenvalue weighted by molar-refractivity contribution is 0.196. The van der Waals surface area contributed by atoms with Gasteiger partial charge in [0.1, 0.15) is 5.69 Å². The summed E-state index contributed by atoms with van der Waals surface area (Å²) in [5, 5.41) is 11.1. The minimum Gasteiger partial charge on any atom is -0.390 e. The summed E-state index contributed by atoms with van der Waals surface area (Å²) in [5.74, 6) is 0.783. The van der Waals surface area contributed by atoms with Crippen LogP contribution in [-0.4, -0.2) is 34.2 Å². The average molecular weight is 435 g/mol. The first-order chi connectivity index (χ1) is 13.9. The fraction of sp³-hybridized carbons (Fsp3) is 0.545. The second kappa shape index (κ2) is 8.38. The molecule has 2 heterocycles. The summed E-state index contributed by atoms with van der Waals surface area (Å²) in [6.07, 6.45) is 8.09. The highest BCUT2D eigenvalue weighted by Gasteiger charge is 2.43. The van der Waals surface area contributed by atoms with E-state index in [4.69, 9.17) is 28.9 Å². The number of aliphatic hydroxyl groups excluding tert-OH is 1. The maximum atomic E-state index is 9.93. The Kier molecular flexibility index (Phi) is 6.03. The van der Waals surface area contributed by atoms with Crippen LogP contribution in [0.4, 0.5) is 5.82 Å². The molecular formula is C22H28Cl2N4O. The molecule has 2 aromatic rings. The Balaban J connectivity index is 1.51. The van der Waals surface area contributed by atoms with Crippen molar-refractivity contribution in [2.45, 2.75) is 58.1 Å². The third-order valence-electron chi connectivity index (χ3n) is 6.78. The molecule has 3 N–H and O–H groups in total. The van der Waals surface area contributed by atoms with Crippen LogP contribution in [0.25, 0.3) is 0 Å². The highest BCUT2D eigenvalue weighted by molar-refractivity contribution is 6.43. The number of hydrogen-bond acceptors (Lipinski definition) is 5. The lowest BCUT2D eigenvalue weighted by Crippen LogP contribution is -2.47. The molecule has 1 aromatic heterocycles. The second-order valence-electron chi connectivity index (χ2n) is 8.48. The molecular weight excluding hydrogens is 407 g/mol. The second-order valence-corrected chi connectivity index (χ2v) is 9.24. The fourth-order valence-electron chi connectivity index (χ4n) is 4.89. The summed E-state index contributed by atoms with van der Waals surface area (Å²) >= 11 is 12.7. The molecule has 156 valence electrons. The van der Waals surface area contributed by atoms with Crippen molar-refractivity contribution in [1.29, 1.82) is 0 Å². The van der Waals surface area contributed by atoms with Gasteiger partial charge in [0.2, 0.25) is 0 Å². The number of halogens is 2. The van der Waals surface area contributed by atoms with Crippen molar-refractivity contribution in [3.05, 3.63) is 50.9 Å².